The molecule has 2 nitrogen and oxygen atoms in total. The minimum absolute atomic E-state index is 0.531. The highest BCUT2D eigenvalue weighted by molar-refractivity contribution is 5.21. The number of nitrogens with one attached hydrogen (secondary N) is 1. The summed E-state index contributed by atoms with van der Waals surface area (Å²) in [6.45, 7) is 5.32. The fourth-order valence-corrected chi connectivity index (χ4v) is 2.46. The first-order valence-electron chi connectivity index (χ1n) is 7.45. The van der Waals surface area contributed by atoms with Crippen LogP contribution in [0.15, 0.2) is 48.8 Å². The molecule has 0 radical (unpaired) electrons. The van der Waals surface area contributed by atoms with Crippen LogP contribution < -0.4 is 5.32 Å². The van der Waals surface area contributed by atoms with Gasteiger partial charge < -0.3 is 5.32 Å². The largest absolute Gasteiger partial charge is 0.314 e. The minimum Gasteiger partial charge on any atom is -0.314 e. The Morgan fingerprint density at radius 3 is 2.35 bits per heavy atom. The van der Waals surface area contributed by atoms with Gasteiger partial charge in [0, 0.05) is 18.4 Å². The van der Waals surface area contributed by atoms with Crippen LogP contribution in [0.3, 0.4) is 0 Å². The molecule has 0 spiro atoms. The van der Waals surface area contributed by atoms with Gasteiger partial charge in [0.15, 0.2) is 0 Å². The number of hydrogen-bond donors (Lipinski definition) is 1. The van der Waals surface area contributed by atoms with Crippen molar-refractivity contribution in [1.29, 1.82) is 0 Å². The second kappa shape index (κ2) is 7.81. The predicted octanol–water partition coefficient (Wildman–Crippen LogP) is 3.54. The lowest BCUT2D eigenvalue weighted by Crippen LogP contribution is -2.31. The maximum absolute atomic E-state index is 4.08. The lowest BCUT2D eigenvalue weighted by atomic mass is 9.99. The monoisotopic (exact) mass is 268 g/mol. The third kappa shape index (κ3) is 4.78. The highest BCUT2D eigenvalue weighted by Gasteiger charge is 2.08. The van der Waals surface area contributed by atoms with Crippen molar-refractivity contribution in [3.63, 3.8) is 0 Å². The van der Waals surface area contributed by atoms with E-state index in [4.69, 9.17) is 0 Å². The predicted molar refractivity (Wildman–Crippen MR) is 84.9 cm³/mol. The number of nitrogens with zero attached hydrogens (tertiary/aromatic N) is 1. The summed E-state index contributed by atoms with van der Waals surface area (Å²) in [5.41, 5.74) is 4.11. The minimum atomic E-state index is 0.531. The molecule has 20 heavy (non-hydrogen) atoms. The van der Waals surface area contributed by atoms with E-state index >= 15 is 0 Å². The van der Waals surface area contributed by atoms with Crippen LogP contribution in [-0.2, 0) is 12.8 Å². The Kier molecular flexibility index (Phi) is 5.75. The molecule has 1 aromatic carbocycles. The number of likely N-dealkylation sites (N-methyl/N-ethyl adjacent to an activating group) is 1. The molecule has 1 unspecified atom stereocenters. The molecule has 0 fully saturated rings. The highest BCUT2D eigenvalue weighted by atomic mass is 14.9. The lowest BCUT2D eigenvalue weighted by molar-refractivity contribution is 0.491. The van der Waals surface area contributed by atoms with Crippen molar-refractivity contribution in [2.45, 2.75) is 39.2 Å². The quantitative estimate of drug-likeness (QED) is 0.830. The average molecular weight is 268 g/mol. The number of rotatable bonds is 7. The van der Waals surface area contributed by atoms with Gasteiger partial charge in [-0.25, -0.2) is 0 Å². The Labute approximate surface area is 122 Å². The zero-order valence-electron chi connectivity index (χ0n) is 12.5. The molecule has 2 rings (SSSR count). The molecular weight excluding hydrogens is 244 g/mol. The summed E-state index contributed by atoms with van der Waals surface area (Å²) in [5.74, 6) is 0. The van der Waals surface area contributed by atoms with Gasteiger partial charge >= 0.3 is 0 Å². The van der Waals surface area contributed by atoms with Crippen LogP contribution in [0.25, 0.3) is 0 Å². The lowest BCUT2D eigenvalue weighted by Gasteiger charge is -2.18. The molecule has 0 saturated heterocycles. The average Bonchev–Trinajstić information content (AvgIpc) is 2.48. The van der Waals surface area contributed by atoms with Crippen LogP contribution >= 0.6 is 0 Å². The van der Waals surface area contributed by atoms with Crippen LogP contribution in [0.4, 0.5) is 0 Å². The standard InChI is InChI=1S/C18H24N2/c1-3-20-18(14-17-10-12-19-13-11-17)9-8-16-6-4-15(2)5-7-16/h4-7,10-13,18,20H,3,8-9,14H2,1-2H3. The highest BCUT2D eigenvalue weighted by Crippen LogP contribution is 2.11. The Balaban J connectivity index is 1.90. The van der Waals surface area contributed by atoms with Crippen LogP contribution in [0, 0.1) is 6.92 Å². The molecule has 1 N–H and O–H groups in total. The van der Waals surface area contributed by atoms with E-state index in [9.17, 15) is 0 Å². The molecule has 2 aromatic rings. The molecule has 1 heterocycles. The molecule has 0 aliphatic carbocycles. The molecule has 1 aromatic heterocycles. The van der Waals surface area contributed by atoms with Gasteiger partial charge in [-0.2, -0.15) is 0 Å². The van der Waals surface area contributed by atoms with Gasteiger partial charge in [0.05, 0.1) is 0 Å². The van der Waals surface area contributed by atoms with Gasteiger partial charge in [0.25, 0.3) is 0 Å². The topological polar surface area (TPSA) is 24.9 Å². The van der Waals surface area contributed by atoms with E-state index in [1.807, 2.05) is 12.4 Å². The van der Waals surface area contributed by atoms with Crippen molar-refractivity contribution in [3.05, 3.63) is 65.5 Å². The van der Waals surface area contributed by atoms with E-state index in [2.05, 4.69) is 60.5 Å². The molecule has 0 aliphatic rings. The van der Waals surface area contributed by atoms with Crippen molar-refractivity contribution < 1.29 is 0 Å². The third-order valence-corrected chi connectivity index (χ3v) is 3.63. The molecule has 0 amide bonds. The van der Waals surface area contributed by atoms with Crippen molar-refractivity contribution in [1.82, 2.24) is 10.3 Å². The van der Waals surface area contributed by atoms with Crippen molar-refractivity contribution in [2.24, 2.45) is 0 Å². The summed E-state index contributed by atoms with van der Waals surface area (Å²) in [6, 6.07) is 13.6. The molecule has 0 bridgehead atoms. The first kappa shape index (κ1) is 14.7. The van der Waals surface area contributed by atoms with Crippen LogP contribution in [0.2, 0.25) is 0 Å². The molecule has 0 saturated carbocycles. The summed E-state index contributed by atoms with van der Waals surface area (Å²) >= 11 is 0. The van der Waals surface area contributed by atoms with Crippen LogP contribution in [0.5, 0.6) is 0 Å². The third-order valence-electron chi connectivity index (χ3n) is 3.63. The normalized spacial score (nSPS) is 12.3. The number of pyridine rings is 1. The zero-order valence-corrected chi connectivity index (χ0v) is 12.5. The van der Waals surface area contributed by atoms with Gasteiger partial charge in [-0.3, -0.25) is 4.98 Å². The summed E-state index contributed by atoms with van der Waals surface area (Å²) in [4.78, 5) is 4.08. The number of hydrogen-bond acceptors (Lipinski definition) is 2. The first-order chi connectivity index (χ1) is 9.78. The second-order valence-electron chi connectivity index (χ2n) is 5.34. The molecule has 1 atom stereocenters. The van der Waals surface area contributed by atoms with E-state index in [-0.39, 0.29) is 0 Å². The Morgan fingerprint density at radius 1 is 1.00 bits per heavy atom. The van der Waals surface area contributed by atoms with Crippen LogP contribution in [-0.4, -0.2) is 17.6 Å². The van der Waals surface area contributed by atoms with Gasteiger partial charge in [0.1, 0.15) is 0 Å². The van der Waals surface area contributed by atoms with E-state index in [1.54, 1.807) is 0 Å². The molecule has 0 aliphatic heterocycles. The number of aryl methyl sites for hydroxylation is 2. The summed E-state index contributed by atoms with van der Waals surface area (Å²) in [7, 11) is 0. The SMILES string of the molecule is CCNC(CCc1ccc(C)cc1)Cc1ccncc1. The first-order valence-corrected chi connectivity index (χ1v) is 7.45. The summed E-state index contributed by atoms with van der Waals surface area (Å²) < 4.78 is 0. The molecular formula is C18H24N2. The maximum Gasteiger partial charge on any atom is 0.0270 e. The van der Waals surface area contributed by atoms with Crippen molar-refractivity contribution in [2.75, 3.05) is 6.54 Å². The van der Waals surface area contributed by atoms with Crippen LogP contribution in [0.1, 0.15) is 30.0 Å². The summed E-state index contributed by atoms with van der Waals surface area (Å²) in [5, 5.41) is 3.59. The van der Waals surface area contributed by atoms with Gasteiger partial charge in [-0.05, 0) is 56.0 Å². The van der Waals surface area contributed by atoms with Crippen molar-refractivity contribution >= 4 is 0 Å². The smallest absolute Gasteiger partial charge is 0.0270 e. The van der Waals surface area contributed by atoms with Gasteiger partial charge in [-0.15, -0.1) is 0 Å². The summed E-state index contributed by atoms with van der Waals surface area (Å²) in [6.07, 6.45) is 7.11. The Bertz CT molecular complexity index is 491. The van der Waals surface area contributed by atoms with Gasteiger partial charge in [0.2, 0.25) is 0 Å². The Hall–Kier alpha value is -1.67. The molecule has 106 valence electrons. The Morgan fingerprint density at radius 2 is 1.70 bits per heavy atom. The number of benzene rings is 1. The fraction of sp³-hybridized carbons (Fsp3) is 0.389. The van der Waals surface area contributed by atoms with Crippen molar-refractivity contribution in [3.8, 4) is 0 Å². The number of aromatic nitrogens is 1. The molecule has 2 heteroatoms. The van der Waals surface area contributed by atoms with E-state index < -0.39 is 0 Å². The van der Waals surface area contributed by atoms with E-state index in [0.29, 0.717) is 6.04 Å². The second-order valence-corrected chi connectivity index (χ2v) is 5.34. The van der Waals surface area contributed by atoms with E-state index in [1.165, 1.54) is 23.1 Å². The fourth-order valence-electron chi connectivity index (χ4n) is 2.46. The van der Waals surface area contributed by atoms with E-state index in [0.717, 1.165) is 19.4 Å². The maximum atomic E-state index is 4.08. The van der Waals surface area contributed by atoms with Gasteiger partial charge in [-0.1, -0.05) is 36.8 Å². The zero-order chi connectivity index (χ0) is 14.2.